The molecule has 2 aromatic rings. The molecule has 3 atom stereocenters. The average Bonchev–Trinajstić information content (AvgIpc) is 3.16. The molecule has 4 rings (SSSR count). The summed E-state index contributed by atoms with van der Waals surface area (Å²) in [6.45, 7) is 7.28. The highest BCUT2D eigenvalue weighted by atomic mass is 16.5. The number of hydrogen-bond donors (Lipinski definition) is 1. The Morgan fingerprint density at radius 2 is 2.20 bits per heavy atom. The number of nitrogens with zero attached hydrogens (tertiary/aromatic N) is 3. The zero-order valence-electron chi connectivity index (χ0n) is 15.0. The first-order valence-corrected chi connectivity index (χ1v) is 8.91. The second-order valence-electron chi connectivity index (χ2n) is 7.22. The number of aromatic amines is 1. The van der Waals surface area contributed by atoms with Crippen LogP contribution in [0.3, 0.4) is 0 Å². The summed E-state index contributed by atoms with van der Waals surface area (Å²) in [6.07, 6.45) is 3.86. The molecule has 6 heteroatoms. The monoisotopic (exact) mass is 340 g/mol. The molecule has 1 amide bonds. The Morgan fingerprint density at radius 1 is 1.36 bits per heavy atom. The maximum Gasteiger partial charge on any atom is 0.255 e. The Labute approximate surface area is 147 Å². The summed E-state index contributed by atoms with van der Waals surface area (Å²) >= 11 is 0. The minimum atomic E-state index is 0.0167. The van der Waals surface area contributed by atoms with E-state index in [1.807, 2.05) is 37.8 Å². The summed E-state index contributed by atoms with van der Waals surface area (Å²) in [5, 5.41) is 0. The summed E-state index contributed by atoms with van der Waals surface area (Å²) in [4.78, 5) is 26.7. The second-order valence-corrected chi connectivity index (χ2v) is 7.22. The van der Waals surface area contributed by atoms with Crippen molar-refractivity contribution in [3.63, 3.8) is 0 Å². The number of carbonyl (C=O) groups is 1. The summed E-state index contributed by atoms with van der Waals surface area (Å²) in [5.41, 5.74) is 3.69. The number of piperidine rings is 1. The van der Waals surface area contributed by atoms with Crippen molar-refractivity contribution in [3.05, 3.63) is 46.8 Å². The summed E-state index contributed by atoms with van der Waals surface area (Å²) in [5.74, 6) is 1.37. The maximum absolute atomic E-state index is 12.8. The van der Waals surface area contributed by atoms with Crippen LogP contribution in [0.15, 0.2) is 18.3 Å². The number of aryl methyl sites for hydroxylation is 3. The molecular weight excluding hydrogens is 316 g/mol. The number of H-pyrrole nitrogens is 1. The van der Waals surface area contributed by atoms with Gasteiger partial charge in [0.05, 0.1) is 17.4 Å². The normalized spacial score (nSPS) is 25.9. The first kappa shape index (κ1) is 16.3. The van der Waals surface area contributed by atoms with Crippen molar-refractivity contribution in [1.29, 1.82) is 0 Å². The Hall–Kier alpha value is -2.21. The highest BCUT2D eigenvalue weighted by Crippen LogP contribution is 2.40. The minimum absolute atomic E-state index is 0.0167. The number of aromatic nitrogens is 3. The molecule has 0 radical (unpaired) electrons. The molecule has 2 aromatic heterocycles. The molecule has 0 unspecified atom stereocenters. The fourth-order valence-corrected chi connectivity index (χ4v) is 4.08. The van der Waals surface area contributed by atoms with E-state index >= 15 is 0 Å². The van der Waals surface area contributed by atoms with E-state index < -0.39 is 0 Å². The minimum Gasteiger partial charge on any atom is -0.367 e. The molecule has 0 aliphatic carbocycles. The van der Waals surface area contributed by atoms with Gasteiger partial charge in [-0.1, -0.05) is 0 Å². The molecule has 132 valence electrons. The zero-order chi connectivity index (χ0) is 17.6. The van der Waals surface area contributed by atoms with Crippen LogP contribution in [0.4, 0.5) is 0 Å². The number of nitrogens with one attached hydrogen (secondary N) is 1. The van der Waals surface area contributed by atoms with Crippen molar-refractivity contribution >= 4 is 5.91 Å². The highest BCUT2D eigenvalue weighted by Gasteiger charge is 2.41. The fourth-order valence-electron chi connectivity index (χ4n) is 4.08. The molecule has 1 N–H and O–H groups in total. The van der Waals surface area contributed by atoms with Crippen LogP contribution in [0.5, 0.6) is 0 Å². The number of fused-ring (bicyclic) bond motifs is 1. The van der Waals surface area contributed by atoms with Gasteiger partial charge in [0.2, 0.25) is 0 Å². The van der Waals surface area contributed by atoms with E-state index in [-0.39, 0.29) is 18.1 Å². The van der Waals surface area contributed by atoms with Crippen LogP contribution in [0.1, 0.15) is 52.2 Å². The first-order valence-electron chi connectivity index (χ1n) is 8.91. The van der Waals surface area contributed by atoms with Gasteiger partial charge in [-0.05, 0) is 51.7 Å². The summed E-state index contributed by atoms with van der Waals surface area (Å²) in [6, 6.07) is 3.87. The van der Waals surface area contributed by atoms with Gasteiger partial charge in [0.25, 0.3) is 5.91 Å². The Bertz CT molecular complexity index is 800. The highest BCUT2D eigenvalue weighted by molar-refractivity contribution is 5.95. The number of hydrogen-bond acceptors (Lipinski definition) is 4. The Balaban J connectivity index is 1.46. The van der Waals surface area contributed by atoms with Gasteiger partial charge >= 0.3 is 0 Å². The number of rotatable bonds is 2. The van der Waals surface area contributed by atoms with Gasteiger partial charge in [0, 0.05) is 30.7 Å². The molecule has 4 heterocycles. The number of carbonyl (C=O) groups excluding carboxylic acids is 1. The lowest BCUT2D eigenvalue weighted by molar-refractivity contribution is -0.00570. The van der Waals surface area contributed by atoms with Crippen molar-refractivity contribution in [2.75, 3.05) is 13.1 Å². The molecule has 0 bridgehead atoms. The first-order chi connectivity index (χ1) is 12.0. The topological polar surface area (TPSA) is 71.1 Å². The van der Waals surface area contributed by atoms with Gasteiger partial charge < -0.3 is 14.6 Å². The second kappa shape index (κ2) is 6.26. The van der Waals surface area contributed by atoms with Crippen LogP contribution in [0, 0.1) is 26.7 Å². The lowest BCUT2D eigenvalue weighted by Gasteiger charge is -2.34. The molecule has 0 spiro atoms. The molecule has 2 saturated heterocycles. The molecule has 6 nitrogen and oxygen atoms in total. The number of ether oxygens (including phenoxy) is 1. The third kappa shape index (κ3) is 3.06. The predicted octanol–water partition coefficient (Wildman–Crippen LogP) is 2.72. The van der Waals surface area contributed by atoms with Crippen LogP contribution >= 0.6 is 0 Å². The van der Waals surface area contributed by atoms with Crippen molar-refractivity contribution in [2.45, 2.75) is 45.8 Å². The van der Waals surface area contributed by atoms with Crippen LogP contribution in [-0.4, -0.2) is 45.0 Å². The smallest absolute Gasteiger partial charge is 0.255 e. The third-order valence-corrected chi connectivity index (χ3v) is 5.35. The summed E-state index contributed by atoms with van der Waals surface area (Å²) < 4.78 is 6.27. The van der Waals surface area contributed by atoms with Gasteiger partial charge in [-0.2, -0.15) is 0 Å². The van der Waals surface area contributed by atoms with Gasteiger partial charge in [0.15, 0.2) is 0 Å². The van der Waals surface area contributed by atoms with Gasteiger partial charge in [-0.25, -0.2) is 9.97 Å². The Kier molecular flexibility index (Phi) is 4.07. The molecule has 2 aliphatic rings. The van der Waals surface area contributed by atoms with Crippen LogP contribution in [0.2, 0.25) is 0 Å². The lowest BCUT2D eigenvalue weighted by atomic mass is 9.91. The van der Waals surface area contributed by atoms with Crippen molar-refractivity contribution < 1.29 is 9.53 Å². The lowest BCUT2D eigenvalue weighted by Crippen LogP contribution is -2.45. The quantitative estimate of drug-likeness (QED) is 0.912. The molecule has 2 aliphatic heterocycles. The molecule has 0 aromatic carbocycles. The zero-order valence-corrected chi connectivity index (χ0v) is 15.0. The average molecular weight is 340 g/mol. The van der Waals surface area contributed by atoms with E-state index in [9.17, 15) is 4.79 Å². The van der Waals surface area contributed by atoms with Crippen LogP contribution in [0.25, 0.3) is 0 Å². The van der Waals surface area contributed by atoms with E-state index in [4.69, 9.17) is 4.74 Å². The van der Waals surface area contributed by atoms with E-state index in [0.717, 1.165) is 47.9 Å². The predicted molar refractivity (Wildman–Crippen MR) is 93.3 cm³/mol. The van der Waals surface area contributed by atoms with E-state index in [0.29, 0.717) is 12.5 Å². The molecular formula is C19H24N4O2. The molecule has 25 heavy (non-hydrogen) atoms. The number of amides is 1. The molecule has 2 fully saturated rings. The van der Waals surface area contributed by atoms with Crippen LogP contribution in [-0.2, 0) is 4.74 Å². The maximum atomic E-state index is 12.8. The van der Waals surface area contributed by atoms with Crippen molar-refractivity contribution in [2.24, 2.45) is 5.92 Å². The van der Waals surface area contributed by atoms with Gasteiger partial charge in [-0.15, -0.1) is 0 Å². The van der Waals surface area contributed by atoms with Crippen LogP contribution < -0.4 is 0 Å². The van der Waals surface area contributed by atoms with E-state index in [1.165, 1.54) is 0 Å². The van der Waals surface area contributed by atoms with Crippen molar-refractivity contribution in [1.82, 2.24) is 19.9 Å². The Morgan fingerprint density at radius 3 is 2.92 bits per heavy atom. The van der Waals surface area contributed by atoms with Gasteiger partial charge in [-0.3, -0.25) is 4.79 Å². The van der Waals surface area contributed by atoms with Crippen molar-refractivity contribution in [3.8, 4) is 0 Å². The third-order valence-electron chi connectivity index (χ3n) is 5.35. The summed E-state index contributed by atoms with van der Waals surface area (Å²) in [7, 11) is 0. The standard InChI is InChI=1S/C19H24N4O2/c1-11-8-15(12(2)21-11)19(24)23-7-5-14-9-17(25-18(14)10-23)16-4-6-20-13(3)22-16/h4,6,8,14,17-18,21H,5,7,9-10H2,1-3H3/t14-,17+,18+/m1/s1. The SMILES string of the molecule is Cc1nccc([C@@H]2C[C@H]3CCN(C(=O)c4cc(C)[nH]c4C)C[C@@H]3O2)n1. The number of likely N-dealkylation sites (tertiary alicyclic amines) is 1. The van der Waals surface area contributed by atoms with E-state index in [1.54, 1.807) is 6.20 Å². The van der Waals surface area contributed by atoms with E-state index in [2.05, 4.69) is 15.0 Å². The fraction of sp³-hybridized carbons (Fsp3) is 0.526. The largest absolute Gasteiger partial charge is 0.367 e. The van der Waals surface area contributed by atoms with Gasteiger partial charge in [0.1, 0.15) is 11.9 Å². The molecule has 0 saturated carbocycles.